The molecule has 0 spiro atoms. The fourth-order valence-corrected chi connectivity index (χ4v) is 3.43. The zero-order valence-corrected chi connectivity index (χ0v) is 14.5. The number of aromatic amines is 1. The van der Waals surface area contributed by atoms with E-state index >= 15 is 0 Å². The van der Waals surface area contributed by atoms with Gasteiger partial charge < -0.3 is 10.2 Å². The minimum absolute atomic E-state index is 0.0348. The van der Waals surface area contributed by atoms with E-state index in [1.807, 2.05) is 0 Å². The number of carbonyl (C=O) groups is 1. The number of carbonyl (C=O) groups excluding carboxylic acids is 1. The number of aromatic nitrogens is 2. The van der Waals surface area contributed by atoms with Gasteiger partial charge in [-0.3, -0.25) is 9.89 Å². The van der Waals surface area contributed by atoms with Gasteiger partial charge in [0.05, 0.1) is 5.02 Å². The molecule has 0 unspecified atom stereocenters. The van der Waals surface area contributed by atoms with Crippen molar-refractivity contribution in [2.75, 3.05) is 18.0 Å². The van der Waals surface area contributed by atoms with Crippen LogP contribution in [0.3, 0.4) is 0 Å². The minimum Gasteiger partial charge on any atom is -0.355 e. The van der Waals surface area contributed by atoms with Crippen LogP contribution >= 0.6 is 11.6 Å². The van der Waals surface area contributed by atoms with E-state index in [1.165, 1.54) is 36.7 Å². The molecular weight excluding hydrogens is 343 g/mol. The standard InChI is InChI=1S/C18H20ClFN4O/c19-14-9-12(3-4-15(14)20)18(25)21-13-5-7-24(8-6-13)17-10-16(22-23-17)11-1-2-11/h3-4,9-11,13H,1-2,5-8H2,(H,21,25)(H,22,23). The molecule has 1 saturated carbocycles. The predicted molar refractivity (Wildman–Crippen MR) is 94.7 cm³/mol. The van der Waals surface area contributed by atoms with Crippen molar-refractivity contribution >= 4 is 23.3 Å². The van der Waals surface area contributed by atoms with Crippen molar-refractivity contribution in [3.63, 3.8) is 0 Å². The first-order valence-electron chi connectivity index (χ1n) is 8.66. The van der Waals surface area contributed by atoms with Crippen LogP contribution in [0.4, 0.5) is 10.2 Å². The predicted octanol–water partition coefficient (Wildman–Crippen LogP) is 3.48. The summed E-state index contributed by atoms with van der Waals surface area (Å²) in [7, 11) is 0. The molecule has 2 N–H and O–H groups in total. The van der Waals surface area contributed by atoms with Gasteiger partial charge in [0.15, 0.2) is 5.82 Å². The van der Waals surface area contributed by atoms with E-state index in [4.69, 9.17) is 11.6 Å². The molecule has 0 radical (unpaired) electrons. The summed E-state index contributed by atoms with van der Waals surface area (Å²) in [5.74, 6) is 0.935. The van der Waals surface area contributed by atoms with E-state index in [0.717, 1.165) is 31.7 Å². The Labute approximate surface area is 150 Å². The first-order chi connectivity index (χ1) is 12.1. The monoisotopic (exact) mass is 362 g/mol. The summed E-state index contributed by atoms with van der Waals surface area (Å²) < 4.78 is 13.2. The third-order valence-electron chi connectivity index (χ3n) is 4.94. The first kappa shape index (κ1) is 16.4. The average Bonchev–Trinajstić information content (AvgIpc) is 3.35. The molecule has 1 aromatic carbocycles. The van der Waals surface area contributed by atoms with Gasteiger partial charge in [0.25, 0.3) is 5.91 Å². The second kappa shape index (κ2) is 6.67. The van der Waals surface area contributed by atoms with Crippen molar-refractivity contribution in [1.29, 1.82) is 0 Å². The maximum absolute atomic E-state index is 13.2. The van der Waals surface area contributed by atoms with Gasteiger partial charge in [0, 0.05) is 42.4 Å². The summed E-state index contributed by atoms with van der Waals surface area (Å²) in [5.41, 5.74) is 1.62. The molecule has 2 fully saturated rings. The van der Waals surface area contributed by atoms with Crippen molar-refractivity contribution in [2.24, 2.45) is 0 Å². The summed E-state index contributed by atoms with van der Waals surface area (Å²) in [6.07, 6.45) is 4.21. The highest BCUT2D eigenvalue weighted by Gasteiger charge is 2.27. The van der Waals surface area contributed by atoms with Crippen molar-refractivity contribution in [1.82, 2.24) is 15.5 Å². The highest BCUT2D eigenvalue weighted by molar-refractivity contribution is 6.31. The van der Waals surface area contributed by atoms with Gasteiger partial charge in [0.1, 0.15) is 5.82 Å². The number of rotatable bonds is 4. The van der Waals surface area contributed by atoms with Crippen LogP contribution in [0.1, 0.15) is 47.7 Å². The summed E-state index contributed by atoms with van der Waals surface area (Å²) in [6.45, 7) is 1.70. The molecule has 1 aliphatic carbocycles. The molecule has 25 heavy (non-hydrogen) atoms. The van der Waals surface area contributed by atoms with Crippen LogP contribution < -0.4 is 10.2 Å². The molecule has 2 aliphatic rings. The number of nitrogens with zero attached hydrogens (tertiary/aromatic N) is 2. The Balaban J connectivity index is 1.32. The van der Waals surface area contributed by atoms with E-state index < -0.39 is 5.82 Å². The number of anilines is 1. The lowest BCUT2D eigenvalue weighted by Gasteiger charge is -2.32. The molecular formula is C18H20ClFN4O. The molecule has 7 heteroatoms. The fraction of sp³-hybridized carbons (Fsp3) is 0.444. The Hall–Kier alpha value is -2.08. The number of benzene rings is 1. The molecule has 1 amide bonds. The van der Waals surface area contributed by atoms with Gasteiger partial charge in [-0.15, -0.1) is 0 Å². The average molecular weight is 363 g/mol. The molecule has 2 aromatic rings. The van der Waals surface area contributed by atoms with Crippen LogP contribution in [0.15, 0.2) is 24.3 Å². The smallest absolute Gasteiger partial charge is 0.251 e. The SMILES string of the molecule is O=C(NC1CCN(c2cc(C3CC3)[nH]n2)CC1)c1ccc(F)c(Cl)c1. The van der Waals surface area contributed by atoms with Gasteiger partial charge in [-0.05, 0) is 43.9 Å². The molecule has 4 rings (SSSR count). The molecule has 0 bridgehead atoms. The molecule has 1 aromatic heterocycles. The summed E-state index contributed by atoms with van der Waals surface area (Å²) in [4.78, 5) is 14.5. The van der Waals surface area contributed by atoms with E-state index in [9.17, 15) is 9.18 Å². The zero-order valence-electron chi connectivity index (χ0n) is 13.8. The summed E-state index contributed by atoms with van der Waals surface area (Å²) >= 11 is 5.74. The maximum Gasteiger partial charge on any atom is 0.251 e. The number of hydrogen-bond donors (Lipinski definition) is 2. The summed E-state index contributed by atoms with van der Waals surface area (Å²) in [6, 6.07) is 6.29. The second-order valence-corrected chi connectivity index (χ2v) is 7.23. The van der Waals surface area contributed by atoms with Crippen LogP contribution in [-0.4, -0.2) is 35.2 Å². The van der Waals surface area contributed by atoms with E-state index in [2.05, 4.69) is 26.5 Å². The van der Waals surface area contributed by atoms with Crippen LogP contribution in [0.25, 0.3) is 0 Å². The number of H-pyrrole nitrogens is 1. The Kier molecular flexibility index (Phi) is 4.37. The van der Waals surface area contributed by atoms with Gasteiger partial charge in [-0.2, -0.15) is 5.10 Å². The second-order valence-electron chi connectivity index (χ2n) is 6.82. The number of piperidine rings is 1. The fourth-order valence-electron chi connectivity index (χ4n) is 3.25. The van der Waals surface area contributed by atoms with E-state index in [1.54, 1.807) is 0 Å². The third kappa shape index (κ3) is 3.63. The van der Waals surface area contributed by atoms with Crippen molar-refractivity contribution < 1.29 is 9.18 Å². The minimum atomic E-state index is -0.518. The quantitative estimate of drug-likeness (QED) is 0.875. The van der Waals surface area contributed by atoms with E-state index in [0.29, 0.717) is 11.5 Å². The highest BCUT2D eigenvalue weighted by Crippen LogP contribution is 2.40. The van der Waals surface area contributed by atoms with Crippen LogP contribution in [0.5, 0.6) is 0 Å². The van der Waals surface area contributed by atoms with Gasteiger partial charge in [0.2, 0.25) is 0 Å². The van der Waals surface area contributed by atoms with Crippen molar-refractivity contribution in [3.8, 4) is 0 Å². The molecule has 1 saturated heterocycles. The lowest BCUT2D eigenvalue weighted by molar-refractivity contribution is 0.0931. The number of hydrogen-bond acceptors (Lipinski definition) is 3. The Morgan fingerprint density at radius 2 is 2.00 bits per heavy atom. The van der Waals surface area contributed by atoms with Gasteiger partial charge in [-0.1, -0.05) is 11.6 Å². The Bertz CT molecular complexity index is 781. The zero-order chi connectivity index (χ0) is 17.4. The largest absolute Gasteiger partial charge is 0.355 e. The van der Waals surface area contributed by atoms with Crippen molar-refractivity contribution in [2.45, 2.75) is 37.6 Å². The van der Waals surface area contributed by atoms with Crippen molar-refractivity contribution in [3.05, 3.63) is 46.4 Å². The first-order valence-corrected chi connectivity index (χ1v) is 9.04. The van der Waals surface area contributed by atoms with Gasteiger partial charge >= 0.3 is 0 Å². The maximum atomic E-state index is 13.2. The number of halogens is 2. The lowest BCUT2D eigenvalue weighted by atomic mass is 10.0. The molecule has 5 nitrogen and oxygen atoms in total. The molecule has 1 aliphatic heterocycles. The Morgan fingerprint density at radius 1 is 1.24 bits per heavy atom. The van der Waals surface area contributed by atoms with Crippen LogP contribution in [0.2, 0.25) is 5.02 Å². The number of amides is 1. The summed E-state index contributed by atoms with van der Waals surface area (Å²) in [5, 5.41) is 10.5. The van der Waals surface area contributed by atoms with Crippen LogP contribution in [0, 0.1) is 5.82 Å². The lowest BCUT2D eigenvalue weighted by Crippen LogP contribution is -2.44. The van der Waals surface area contributed by atoms with Crippen LogP contribution in [-0.2, 0) is 0 Å². The highest BCUT2D eigenvalue weighted by atomic mass is 35.5. The molecule has 132 valence electrons. The normalized spacial score (nSPS) is 18.4. The topological polar surface area (TPSA) is 61.0 Å². The third-order valence-corrected chi connectivity index (χ3v) is 5.23. The molecule has 0 atom stereocenters. The van der Waals surface area contributed by atoms with E-state index in [-0.39, 0.29) is 17.0 Å². The Morgan fingerprint density at radius 3 is 2.68 bits per heavy atom. The van der Waals surface area contributed by atoms with Gasteiger partial charge in [-0.25, -0.2) is 4.39 Å². The number of nitrogens with one attached hydrogen (secondary N) is 2. The molecule has 2 heterocycles.